The van der Waals surface area contributed by atoms with E-state index in [9.17, 15) is 18.0 Å². The molecule has 2 aromatic heterocycles. The van der Waals surface area contributed by atoms with Crippen molar-refractivity contribution in [3.05, 3.63) is 47.1 Å². The molecule has 0 bridgehead atoms. The Balaban J connectivity index is 1.38. The zero-order valence-electron chi connectivity index (χ0n) is 19.1. The van der Waals surface area contributed by atoms with Gasteiger partial charge in [-0.05, 0) is 50.2 Å². The molecule has 0 atom stereocenters. The van der Waals surface area contributed by atoms with Gasteiger partial charge in [-0.1, -0.05) is 12.1 Å². The largest absolute Gasteiger partial charge is 0.503 e. The summed E-state index contributed by atoms with van der Waals surface area (Å²) < 4.78 is 51.6. The second kappa shape index (κ2) is 9.88. The molecule has 12 heteroatoms. The minimum absolute atomic E-state index is 0.0725. The smallest absolute Gasteiger partial charge is 0.254 e. The minimum atomic E-state index is -1.79. The quantitative estimate of drug-likeness (QED) is 0.477. The number of amides is 1. The van der Waals surface area contributed by atoms with Gasteiger partial charge < -0.3 is 19.7 Å². The highest BCUT2D eigenvalue weighted by molar-refractivity contribution is 5.94. The molecule has 0 spiro atoms. The number of aromatic hydroxyl groups is 1. The fourth-order valence-corrected chi connectivity index (χ4v) is 4.33. The standard InChI is InChI=1S/C23H24F3N5O4/c1-3-23(22-28-20(31-35-22)15-4-5-16(34-2)30-29-15)8-6-12(7-9-23)11-27-21(33)13-10-14(24)19(32)18(26)17(13)25/h4-5,10,12,32H,3,6-9,11H2,1-2H3,(H,27,33). The third-order valence-electron chi connectivity index (χ3n) is 6.63. The second-order valence-corrected chi connectivity index (χ2v) is 8.55. The summed E-state index contributed by atoms with van der Waals surface area (Å²) in [5.41, 5.74) is -0.671. The molecule has 1 aromatic carbocycles. The van der Waals surface area contributed by atoms with Crippen molar-refractivity contribution < 1.29 is 32.3 Å². The van der Waals surface area contributed by atoms with Crippen LogP contribution in [-0.4, -0.2) is 45.0 Å². The van der Waals surface area contributed by atoms with Crippen molar-refractivity contribution in [2.45, 2.75) is 44.4 Å². The summed E-state index contributed by atoms with van der Waals surface area (Å²) in [6.45, 7) is 2.24. The zero-order chi connectivity index (χ0) is 25.2. The molecule has 1 aliphatic carbocycles. The first-order chi connectivity index (χ1) is 16.8. The number of phenolic OH excluding ortho intramolecular Hbond substituents is 1. The van der Waals surface area contributed by atoms with Crippen LogP contribution in [0.5, 0.6) is 11.6 Å². The number of benzene rings is 1. The van der Waals surface area contributed by atoms with E-state index in [4.69, 9.17) is 14.4 Å². The van der Waals surface area contributed by atoms with Crippen LogP contribution in [0.15, 0.2) is 22.7 Å². The van der Waals surface area contributed by atoms with Crippen molar-refractivity contribution in [2.75, 3.05) is 13.7 Å². The van der Waals surface area contributed by atoms with Crippen LogP contribution in [0.1, 0.15) is 55.3 Å². The van der Waals surface area contributed by atoms with Crippen molar-refractivity contribution in [1.29, 1.82) is 0 Å². The number of phenols is 1. The number of aromatic nitrogens is 4. The fourth-order valence-electron chi connectivity index (χ4n) is 4.33. The Kier molecular flexibility index (Phi) is 6.90. The molecule has 4 rings (SSSR count). The summed E-state index contributed by atoms with van der Waals surface area (Å²) in [6, 6.07) is 3.82. The van der Waals surface area contributed by atoms with Gasteiger partial charge in [0.25, 0.3) is 5.91 Å². The van der Waals surface area contributed by atoms with Gasteiger partial charge in [-0.25, -0.2) is 8.78 Å². The van der Waals surface area contributed by atoms with Gasteiger partial charge in [-0.2, -0.15) is 9.37 Å². The van der Waals surface area contributed by atoms with E-state index in [-0.39, 0.29) is 17.9 Å². The lowest BCUT2D eigenvalue weighted by atomic mass is 9.68. The number of ether oxygens (including phenoxy) is 1. The number of halogens is 3. The summed E-state index contributed by atoms with van der Waals surface area (Å²) >= 11 is 0. The Hall–Kier alpha value is -3.70. The van der Waals surface area contributed by atoms with Crippen molar-refractivity contribution in [3.63, 3.8) is 0 Å². The predicted molar refractivity (Wildman–Crippen MR) is 116 cm³/mol. The maximum absolute atomic E-state index is 14.0. The van der Waals surface area contributed by atoms with Crippen molar-refractivity contribution in [2.24, 2.45) is 5.92 Å². The molecule has 186 valence electrons. The molecule has 0 aliphatic heterocycles. The highest BCUT2D eigenvalue weighted by Gasteiger charge is 2.40. The van der Waals surface area contributed by atoms with Gasteiger partial charge in [0.15, 0.2) is 17.4 Å². The minimum Gasteiger partial charge on any atom is -0.503 e. The van der Waals surface area contributed by atoms with E-state index < -0.39 is 34.7 Å². The topological polar surface area (TPSA) is 123 Å². The van der Waals surface area contributed by atoms with Crippen LogP contribution in [0.25, 0.3) is 11.5 Å². The number of carbonyl (C=O) groups is 1. The molecule has 0 radical (unpaired) electrons. The molecule has 0 unspecified atom stereocenters. The van der Waals surface area contributed by atoms with Gasteiger partial charge in [0, 0.05) is 18.0 Å². The number of methoxy groups -OCH3 is 1. The number of hydrogen-bond donors (Lipinski definition) is 2. The van der Waals surface area contributed by atoms with Crippen molar-refractivity contribution in [1.82, 2.24) is 25.7 Å². The van der Waals surface area contributed by atoms with Gasteiger partial charge in [0.2, 0.25) is 23.4 Å². The fraction of sp³-hybridized carbons (Fsp3) is 0.435. The Bertz CT molecular complexity index is 1210. The molecule has 35 heavy (non-hydrogen) atoms. The van der Waals surface area contributed by atoms with Crippen LogP contribution in [0.3, 0.4) is 0 Å². The van der Waals surface area contributed by atoms with E-state index in [1.807, 2.05) is 6.92 Å². The van der Waals surface area contributed by atoms with E-state index >= 15 is 0 Å². The molecule has 0 saturated heterocycles. The van der Waals surface area contributed by atoms with Gasteiger partial charge >= 0.3 is 0 Å². The number of rotatable bonds is 7. The Morgan fingerprint density at radius 3 is 2.60 bits per heavy atom. The zero-order valence-corrected chi connectivity index (χ0v) is 19.1. The van der Waals surface area contributed by atoms with Gasteiger partial charge in [-0.15, -0.1) is 10.2 Å². The van der Waals surface area contributed by atoms with E-state index in [0.717, 1.165) is 32.1 Å². The van der Waals surface area contributed by atoms with Crippen LogP contribution in [0.4, 0.5) is 13.2 Å². The normalized spacial score (nSPS) is 20.0. The van der Waals surface area contributed by atoms with E-state index in [1.165, 1.54) is 7.11 Å². The van der Waals surface area contributed by atoms with Crippen LogP contribution < -0.4 is 10.1 Å². The van der Waals surface area contributed by atoms with Gasteiger partial charge in [0.1, 0.15) is 5.69 Å². The van der Waals surface area contributed by atoms with Crippen LogP contribution in [0, 0.1) is 23.4 Å². The first kappa shape index (κ1) is 24.4. The van der Waals surface area contributed by atoms with Crippen LogP contribution in [-0.2, 0) is 5.41 Å². The molecule has 1 saturated carbocycles. The lowest BCUT2D eigenvalue weighted by Crippen LogP contribution is -2.36. The molecular weight excluding hydrogens is 467 g/mol. The van der Waals surface area contributed by atoms with E-state index in [2.05, 4.69) is 25.7 Å². The van der Waals surface area contributed by atoms with E-state index in [0.29, 0.717) is 29.4 Å². The average molecular weight is 491 g/mol. The third kappa shape index (κ3) is 4.77. The maximum atomic E-state index is 14.0. The highest BCUT2D eigenvalue weighted by Crippen LogP contribution is 2.43. The lowest BCUT2D eigenvalue weighted by Gasteiger charge is -2.36. The Morgan fingerprint density at radius 2 is 1.97 bits per heavy atom. The molecule has 2 heterocycles. The molecule has 1 aliphatic rings. The number of nitrogens with one attached hydrogen (secondary N) is 1. The van der Waals surface area contributed by atoms with Gasteiger partial charge in [0.05, 0.1) is 12.7 Å². The first-order valence-electron chi connectivity index (χ1n) is 11.1. The number of nitrogens with zero attached hydrogens (tertiary/aromatic N) is 4. The summed E-state index contributed by atoms with van der Waals surface area (Å²) in [4.78, 5) is 16.8. The molecule has 2 N–H and O–H groups in total. The lowest BCUT2D eigenvalue weighted by molar-refractivity contribution is 0.0929. The van der Waals surface area contributed by atoms with Crippen LogP contribution >= 0.6 is 0 Å². The van der Waals surface area contributed by atoms with Crippen LogP contribution in [0.2, 0.25) is 0 Å². The molecule has 1 amide bonds. The molecule has 3 aromatic rings. The molecular formula is C23H24F3N5O4. The summed E-state index contributed by atoms with van der Waals surface area (Å²) in [5.74, 6) is -5.91. The maximum Gasteiger partial charge on any atom is 0.254 e. The summed E-state index contributed by atoms with van der Waals surface area (Å²) in [6.07, 6.45) is 3.64. The first-order valence-corrected chi connectivity index (χ1v) is 11.1. The average Bonchev–Trinajstić information content (AvgIpc) is 3.39. The number of carbonyl (C=O) groups excluding carboxylic acids is 1. The monoisotopic (exact) mass is 491 g/mol. The Labute approximate surface area is 198 Å². The van der Waals surface area contributed by atoms with E-state index in [1.54, 1.807) is 12.1 Å². The predicted octanol–water partition coefficient (Wildman–Crippen LogP) is 3.93. The highest BCUT2D eigenvalue weighted by atomic mass is 19.2. The summed E-state index contributed by atoms with van der Waals surface area (Å²) in [5, 5.41) is 23.7. The molecule has 1 fully saturated rings. The third-order valence-corrected chi connectivity index (χ3v) is 6.63. The molecule has 9 nitrogen and oxygen atoms in total. The van der Waals surface area contributed by atoms with Crippen molar-refractivity contribution in [3.8, 4) is 23.1 Å². The second-order valence-electron chi connectivity index (χ2n) is 8.55. The van der Waals surface area contributed by atoms with Crippen molar-refractivity contribution >= 4 is 5.91 Å². The SMILES string of the molecule is CCC1(c2nc(-c3ccc(OC)nn3)no2)CCC(CNC(=O)c2cc(F)c(O)c(F)c2F)CC1. The number of hydrogen-bond acceptors (Lipinski definition) is 8. The van der Waals surface area contributed by atoms with Gasteiger partial charge in [-0.3, -0.25) is 4.79 Å². The summed E-state index contributed by atoms with van der Waals surface area (Å²) in [7, 11) is 1.49. The Morgan fingerprint density at radius 1 is 1.23 bits per heavy atom.